The molecule has 36 heavy (non-hydrogen) atoms. The van der Waals surface area contributed by atoms with Crippen molar-refractivity contribution in [2.75, 3.05) is 11.9 Å². The van der Waals surface area contributed by atoms with E-state index in [1.807, 2.05) is 18.2 Å². The normalized spacial score (nSPS) is 11.4. The van der Waals surface area contributed by atoms with Crippen LogP contribution in [-0.4, -0.2) is 39.3 Å². The Balaban J connectivity index is 0.000000572. The van der Waals surface area contributed by atoms with E-state index in [9.17, 15) is 35.9 Å². The van der Waals surface area contributed by atoms with Gasteiger partial charge in [-0.1, -0.05) is 12.1 Å². The summed E-state index contributed by atoms with van der Waals surface area (Å²) in [5.41, 5.74) is -0.376. The fraction of sp³-hybridized carbons (Fsp3) is 0.273. The molecule has 194 valence electrons. The Morgan fingerprint density at radius 2 is 1.72 bits per heavy atom. The Hall–Kier alpha value is -4.10. The Morgan fingerprint density at radius 3 is 2.33 bits per heavy atom. The van der Waals surface area contributed by atoms with Crippen molar-refractivity contribution in [3.8, 4) is 5.75 Å². The highest BCUT2D eigenvalue weighted by Crippen LogP contribution is 2.30. The topological polar surface area (TPSA) is 111 Å². The third-order valence-electron chi connectivity index (χ3n) is 4.52. The van der Waals surface area contributed by atoms with Crippen molar-refractivity contribution in [1.29, 1.82) is 0 Å². The number of nitrogens with zero attached hydrogens (tertiary/aromatic N) is 2. The van der Waals surface area contributed by atoms with Gasteiger partial charge in [-0.05, 0) is 30.7 Å². The van der Waals surface area contributed by atoms with Crippen LogP contribution in [-0.2, 0) is 22.8 Å². The first-order chi connectivity index (χ1) is 16.7. The number of carbonyl (C=O) groups is 2. The molecule has 0 saturated heterocycles. The van der Waals surface area contributed by atoms with Gasteiger partial charge in [0.05, 0.1) is 17.7 Å². The number of pyridine rings is 2. The van der Waals surface area contributed by atoms with Gasteiger partial charge in [-0.25, -0.2) is 9.78 Å². The van der Waals surface area contributed by atoms with Crippen LogP contribution in [0.5, 0.6) is 5.75 Å². The summed E-state index contributed by atoms with van der Waals surface area (Å²) < 4.78 is 77.0. The van der Waals surface area contributed by atoms with Gasteiger partial charge in [0.1, 0.15) is 11.6 Å². The molecule has 0 fully saturated rings. The maximum absolute atomic E-state index is 12.7. The molecule has 0 aliphatic rings. The molecule has 2 N–H and O–H groups in total. The fourth-order valence-corrected chi connectivity index (χ4v) is 2.79. The van der Waals surface area contributed by atoms with E-state index in [2.05, 4.69) is 10.3 Å². The highest BCUT2D eigenvalue weighted by Gasteiger charge is 2.38. The van der Waals surface area contributed by atoms with E-state index in [0.29, 0.717) is 12.2 Å². The molecule has 3 aromatic rings. The van der Waals surface area contributed by atoms with Gasteiger partial charge in [0.15, 0.2) is 0 Å². The van der Waals surface area contributed by atoms with Crippen molar-refractivity contribution in [3.05, 3.63) is 64.6 Å². The van der Waals surface area contributed by atoms with Crippen molar-refractivity contribution in [2.24, 2.45) is 7.05 Å². The van der Waals surface area contributed by atoms with Crippen molar-refractivity contribution >= 4 is 28.6 Å². The van der Waals surface area contributed by atoms with Crippen LogP contribution in [0.3, 0.4) is 0 Å². The summed E-state index contributed by atoms with van der Waals surface area (Å²) in [5.74, 6) is -2.98. The van der Waals surface area contributed by atoms with Crippen LogP contribution in [0.15, 0.2) is 53.5 Å². The molecule has 8 nitrogen and oxygen atoms in total. The van der Waals surface area contributed by atoms with Crippen LogP contribution in [0.4, 0.5) is 32.2 Å². The first kappa shape index (κ1) is 28.1. The zero-order valence-corrected chi connectivity index (χ0v) is 18.5. The molecule has 0 aliphatic carbocycles. The fourth-order valence-electron chi connectivity index (χ4n) is 2.79. The summed E-state index contributed by atoms with van der Waals surface area (Å²) in [5, 5.41) is 10.2. The van der Waals surface area contributed by atoms with Crippen LogP contribution in [0.1, 0.15) is 18.4 Å². The number of halogens is 6. The van der Waals surface area contributed by atoms with E-state index in [-0.39, 0.29) is 24.4 Å². The monoisotopic (exact) mass is 519 g/mol. The number of carbonyl (C=O) groups excluding carboxylic acids is 1. The number of carboxylic acids is 1. The van der Waals surface area contributed by atoms with Gasteiger partial charge in [-0.15, -0.1) is 0 Å². The van der Waals surface area contributed by atoms with E-state index >= 15 is 0 Å². The number of aryl methyl sites for hydroxylation is 1. The molecular formula is C22H19F6N3O5. The van der Waals surface area contributed by atoms with Gasteiger partial charge in [-0.2, -0.15) is 26.3 Å². The lowest BCUT2D eigenvalue weighted by Crippen LogP contribution is -2.21. The second kappa shape index (κ2) is 11.6. The van der Waals surface area contributed by atoms with E-state index in [0.717, 1.165) is 29.2 Å². The number of para-hydroxylation sites is 1. The lowest BCUT2D eigenvalue weighted by Gasteiger charge is -2.12. The molecule has 0 aliphatic heterocycles. The number of alkyl halides is 6. The van der Waals surface area contributed by atoms with Gasteiger partial charge >= 0.3 is 18.3 Å². The highest BCUT2D eigenvalue weighted by molar-refractivity contribution is 5.89. The minimum absolute atomic E-state index is 0.0285. The van der Waals surface area contributed by atoms with Crippen molar-refractivity contribution < 1.29 is 45.8 Å². The Labute approximate surface area is 199 Å². The molecule has 1 amide bonds. The summed E-state index contributed by atoms with van der Waals surface area (Å²) in [4.78, 5) is 36.6. The molecule has 3 rings (SSSR count). The number of carboxylic acid groups (broad SMARTS) is 1. The third kappa shape index (κ3) is 7.99. The number of benzene rings is 1. The van der Waals surface area contributed by atoms with Crippen LogP contribution in [0.2, 0.25) is 0 Å². The van der Waals surface area contributed by atoms with Crippen LogP contribution in [0, 0.1) is 0 Å². The number of anilines is 1. The SMILES string of the molecule is Cn1c(=O)cc(OCCCC(=O)Nc2cc(C(F)(F)F)ccn2)c2ccccc21.O=C(O)C(F)(F)F. The minimum atomic E-state index is -5.08. The van der Waals surface area contributed by atoms with Gasteiger partial charge < -0.3 is 19.7 Å². The number of ether oxygens (including phenoxy) is 1. The van der Waals surface area contributed by atoms with Crippen LogP contribution in [0.25, 0.3) is 10.9 Å². The van der Waals surface area contributed by atoms with Crippen LogP contribution < -0.4 is 15.6 Å². The molecule has 2 aromatic heterocycles. The second-order valence-electron chi connectivity index (χ2n) is 7.15. The standard InChI is InChI=1S/C20H18F3N3O3.C2HF3O2/c1-26-15-6-3-2-5-14(15)16(12-19(26)28)29-10-4-7-18(27)25-17-11-13(8-9-24-17)20(21,22)23;3-2(4,5)1(6)7/h2-3,5-6,8-9,11-12H,4,7,10H2,1H3,(H,24,25,27);(H,6,7). The number of hydrogen-bond acceptors (Lipinski definition) is 5. The molecule has 1 aromatic carbocycles. The largest absolute Gasteiger partial charge is 0.493 e. The summed E-state index contributed by atoms with van der Waals surface area (Å²) in [6, 6.07) is 10.3. The van der Waals surface area contributed by atoms with Crippen LogP contribution >= 0.6 is 0 Å². The molecule has 0 unspecified atom stereocenters. The molecule has 0 saturated carbocycles. The third-order valence-corrected chi connectivity index (χ3v) is 4.52. The predicted molar refractivity (Wildman–Crippen MR) is 115 cm³/mol. The number of aliphatic carboxylic acids is 1. The summed E-state index contributed by atoms with van der Waals surface area (Å²) in [7, 11) is 1.67. The summed E-state index contributed by atoms with van der Waals surface area (Å²) >= 11 is 0. The van der Waals surface area contributed by atoms with E-state index in [1.54, 1.807) is 13.1 Å². The molecule has 2 heterocycles. The zero-order chi connectivity index (χ0) is 27.1. The molecule has 0 radical (unpaired) electrons. The van der Waals surface area contributed by atoms with Gasteiger partial charge in [0, 0.05) is 31.1 Å². The first-order valence-corrected chi connectivity index (χ1v) is 10.0. The van der Waals surface area contributed by atoms with Gasteiger partial charge in [0.2, 0.25) is 5.91 Å². The number of amides is 1. The lowest BCUT2D eigenvalue weighted by atomic mass is 10.2. The van der Waals surface area contributed by atoms with Crippen molar-refractivity contribution in [1.82, 2.24) is 9.55 Å². The van der Waals surface area contributed by atoms with E-state index in [4.69, 9.17) is 14.6 Å². The number of hydrogen-bond donors (Lipinski definition) is 2. The lowest BCUT2D eigenvalue weighted by molar-refractivity contribution is -0.192. The quantitative estimate of drug-likeness (QED) is 0.370. The molecule has 0 atom stereocenters. The summed E-state index contributed by atoms with van der Waals surface area (Å²) in [6.07, 6.45) is -8.26. The minimum Gasteiger partial charge on any atom is -0.493 e. The number of aromatic nitrogens is 2. The average Bonchev–Trinajstić information content (AvgIpc) is 2.79. The average molecular weight is 519 g/mol. The van der Waals surface area contributed by atoms with Crippen molar-refractivity contribution in [2.45, 2.75) is 25.2 Å². The highest BCUT2D eigenvalue weighted by atomic mass is 19.4. The van der Waals surface area contributed by atoms with E-state index in [1.165, 1.54) is 10.6 Å². The van der Waals surface area contributed by atoms with Gasteiger partial charge in [-0.3, -0.25) is 9.59 Å². The first-order valence-electron chi connectivity index (χ1n) is 10.0. The Kier molecular flexibility index (Phi) is 9.03. The van der Waals surface area contributed by atoms with E-state index < -0.39 is 29.8 Å². The van der Waals surface area contributed by atoms with Gasteiger partial charge in [0.25, 0.3) is 5.56 Å². The number of nitrogens with one attached hydrogen (secondary N) is 1. The number of fused-ring (bicyclic) bond motifs is 1. The molecule has 0 bridgehead atoms. The zero-order valence-electron chi connectivity index (χ0n) is 18.5. The summed E-state index contributed by atoms with van der Waals surface area (Å²) in [6.45, 7) is 0.167. The Morgan fingerprint density at radius 1 is 1.08 bits per heavy atom. The molecular weight excluding hydrogens is 500 g/mol. The number of rotatable bonds is 6. The smallest absolute Gasteiger partial charge is 0.490 e. The maximum atomic E-state index is 12.7. The second-order valence-corrected chi connectivity index (χ2v) is 7.15. The predicted octanol–water partition coefficient (Wildman–Crippen LogP) is 4.38. The van der Waals surface area contributed by atoms with Crippen molar-refractivity contribution in [3.63, 3.8) is 0 Å². The Bertz CT molecular complexity index is 1290. The molecule has 14 heteroatoms. The maximum Gasteiger partial charge on any atom is 0.490 e. The molecule has 0 spiro atoms.